The van der Waals surface area contributed by atoms with Gasteiger partial charge in [0.1, 0.15) is 0 Å². The lowest BCUT2D eigenvalue weighted by atomic mass is 9.73. The molecular formula is C25H18Cl2N2O. The zero-order chi connectivity index (χ0) is 20.7. The maximum Gasteiger partial charge on any atom is 0.257 e. The second-order valence-electron chi connectivity index (χ2n) is 7.53. The zero-order valence-electron chi connectivity index (χ0n) is 16.0. The zero-order valence-corrected chi connectivity index (χ0v) is 17.5. The highest BCUT2D eigenvalue weighted by atomic mass is 35.5. The Kier molecular flexibility index (Phi) is 4.93. The van der Waals surface area contributed by atoms with E-state index in [1.807, 2.05) is 78.9 Å². The molecule has 0 spiro atoms. The number of hydrogen-bond acceptors (Lipinski definition) is 2. The van der Waals surface area contributed by atoms with Gasteiger partial charge >= 0.3 is 0 Å². The quantitative estimate of drug-likeness (QED) is 0.459. The van der Waals surface area contributed by atoms with E-state index in [2.05, 4.69) is 6.08 Å². The van der Waals surface area contributed by atoms with Crippen LogP contribution in [0.5, 0.6) is 0 Å². The van der Waals surface area contributed by atoms with Crippen LogP contribution in [0.3, 0.4) is 0 Å². The van der Waals surface area contributed by atoms with Gasteiger partial charge < -0.3 is 0 Å². The third-order valence-corrected chi connectivity index (χ3v) is 6.19. The summed E-state index contributed by atoms with van der Waals surface area (Å²) in [5.74, 6) is -0.331. The molecule has 2 atom stereocenters. The van der Waals surface area contributed by atoms with Gasteiger partial charge in [0.15, 0.2) is 0 Å². The van der Waals surface area contributed by atoms with Crippen LogP contribution in [-0.2, 0) is 4.79 Å². The number of amides is 1. The lowest BCUT2D eigenvalue weighted by molar-refractivity contribution is -0.120. The molecule has 2 aliphatic rings. The Morgan fingerprint density at radius 2 is 1.47 bits per heavy atom. The number of anilines is 1. The number of rotatable bonds is 3. The summed E-state index contributed by atoms with van der Waals surface area (Å²) < 4.78 is 0. The molecule has 0 bridgehead atoms. The SMILES string of the molecule is O=C1C2C(=NN1c1ccccc1)C=C(c1ccc(Cl)cc1)CC2c1ccc(Cl)cc1. The molecule has 2 unspecified atom stereocenters. The van der Waals surface area contributed by atoms with E-state index in [1.165, 1.54) is 5.01 Å². The minimum Gasteiger partial charge on any atom is -0.272 e. The number of para-hydroxylation sites is 1. The van der Waals surface area contributed by atoms with Gasteiger partial charge in [-0.1, -0.05) is 65.7 Å². The van der Waals surface area contributed by atoms with Gasteiger partial charge in [0.05, 0.1) is 17.3 Å². The van der Waals surface area contributed by atoms with Crippen molar-refractivity contribution in [1.82, 2.24) is 0 Å². The molecular weight excluding hydrogens is 415 g/mol. The molecule has 0 saturated carbocycles. The average Bonchev–Trinajstić information content (AvgIpc) is 3.11. The largest absolute Gasteiger partial charge is 0.272 e. The summed E-state index contributed by atoms with van der Waals surface area (Å²) >= 11 is 12.2. The Labute approximate surface area is 185 Å². The lowest BCUT2D eigenvalue weighted by Gasteiger charge is -2.29. The first-order valence-electron chi connectivity index (χ1n) is 9.79. The van der Waals surface area contributed by atoms with Crippen LogP contribution in [-0.4, -0.2) is 11.6 Å². The van der Waals surface area contributed by atoms with Gasteiger partial charge in [-0.25, -0.2) is 0 Å². The number of hydrazone groups is 1. The molecule has 0 fully saturated rings. The minimum atomic E-state index is -0.317. The summed E-state index contributed by atoms with van der Waals surface area (Å²) in [5.41, 5.74) is 4.88. The molecule has 1 amide bonds. The van der Waals surface area contributed by atoms with Crippen LogP contribution in [0.25, 0.3) is 5.57 Å². The smallest absolute Gasteiger partial charge is 0.257 e. The lowest BCUT2D eigenvalue weighted by Crippen LogP contribution is -2.33. The van der Waals surface area contributed by atoms with E-state index in [0.717, 1.165) is 34.5 Å². The fourth-order valence-electron chi connectivity index (χ4n) is 4.21. The number of fused-ring (bicyclic) bond motifs is 1. The standard InChI is InChI=1S/C25H18Cl2N2O/c26-19-10-6-16(7-11-19)18-14-22(17-8-12-20(27)13-9-17)24-23(15-18)28-29(25(24)30)21-4-2-1-3-5-21/h1-13,15,22,24H,14H2. The fraction of sp³-hybridized carbons (Fsp3) is 0.120. The molecule has 30 heavy (non-hydrogen) atoms. The van der Waals surface area contributed by atoms with Gasteiger partial charge in [0, 0.05) is 16.0 Å². The predicted octanol–water partition coefficient (Wildman–Crippen LogP) is 6.58. The molecule has 1 heterocycles. The van der Waals surface area contributed by atoms with Crippen molar-refractivity contribution >= 4 is 46.1 Å². The number of nitrogens with zero attached hydrogens (tertiary/aromatic N) is 2. The maximum atomic E-state index is 13.4. The summed E-state index contributed by atoms with van der Waals surface area (Å²) in [6, 6.07) is 25.1. The Morgan fingerprint density at radius 1 is 0.833 bits per heavy atom. The Morgan fingerprint density at radius 3 is 2.13 bits per heavy atom. The van der Waals surface area contributed by atoms with Gasteiger partial charge in [-0.15, -0.1) is 0 Å². The Bertz CT molecular complexity index is 1150. The van der Waals surface area contributed by atoms with Crippen molar-refractivity contribution in [2.75, 3.05) is 5.01 Å². The molecule has 0 radical (unpaired) electrons. The molecule has 0 N–H and O–H groups in total. The number of halogens is 2. The van der Waals surface area contributed by atoms with Crippen LogP contribution in [0.4, 0.5) is 5.69 Å². The third-order valence-electron chi connectivity index (χ3n) is 5.69. The maximum absolute atomic E-state index is 13.4. The first-order valence-corrected chi connectivity index (χ1v) is 10.6. The van der Waals surface area contributed by atoms with E-state index in [-0.39, 0.29) is 17.7 Å². The van der Waals surface area contributed by atoms with Crippen LogP contribution in [0, 0.1) is 5.92 Å². The molecule has 5 rings (SSSR count). The second-order valence-corrected chi connectivity index (χ2v) is 8.40. The van der Waals surface area contributed by atoms with Crippen molar-refractivity contribution < 1.29 is 4.79 Å². The van der Waals surface area contributed by atoms with Gasteiger partial charge in [-0.05, 0) is 65.6 Å². The van der Waals surface area contributed by atoms with Crippen molar-refractivity contribution in [1.29, 1.82) is 0 Å². The topological polar surface area (TPSA) is 32.7 Å². The highest BCUT2D eigenvalue weighted by molar-refractivity contribution is 6.31. The molecule has 0 saturated heterocycles. The van der Waals surface area contributed by atoms with E-state index in [9.17, 15) is 4.79 Å². The van der Waals surface area contributed by atoms with Crippen molar-refractivity contribution in [2.24, 2.45) is 11.0 Å². The fourth-order valence-corrected chi connectivity index (χ4v) is 4.47. The minimum absolute atomic E-state index is 0.00237. The normalized spacial score (nSPS) is 20.6. The van der Waals surface area contributed by atoms with Gasteiger partial charge in [0.25, 0.3) is 5.91 Å². The average molecular weight is 433 g/mol. The summed E-state index contributed by atoms with van der Waals surface area (Å²) in [6.45, 7) is 0. The summed E-state index contributed by atoms with van der Waals surface area (Å²) in [4.78, 5) is 13.4. The van der Waals surface area contributed by atoms with E-state index in [1.54, 1.807) is 0 Å². The molecule has 3 aromatic carbocycles. The molecule has 5 heteroatoms. The number of hydrogen-bond donors (Lipinski definition) is 0. The van der Waals surface area contributed by atoms with Gasteiger partial charge in [-0.3, -0.25) is 4.79 Å². The van der Waals surface area contributed by atoms with E-state index < -0.39 is 0 Å². The molecule has 3 aromatic rings. The first kappa shape index (κ1) is 19.1. The van der Waals surface area contributed by atoms with Crippen LogP contribution < -0.4 is 5.01 Å². The van der Waals surface area contributed by atoms with Crippen LogP contribution in [0.1, 0.15) is 23.5 Å². The van der Waals surface area contributed by atoms with Crippen LogP contribution in [0.15, 0.2) is 90.0 Å². The van der Waals surface area contributed by atoms with Crippen LogP contribution >= 0.6 is 23.2 Å². The van der Waals surface area contributed by atoms with Crippen molar-refractivity contribution in [3.05, 3.63) is 106 Å². The van der Waals surface area contributed by atoms with Crippen molar-refractivity contribution in [3.8, 4) is 0 Å². The van der Waals surface area contributed by atoms with Crippen molar-refractivity contribution in [3.63, 3.8) is 0 Å². The number of benzene rings is 3. The van der Waals surface area contributed by atoms with Crippen molar-refractivity contribution in [2.45, 2.75) is 12.3 Å². The van der Waals surface area contributed by atoms with Gasteiger partial charge in [0.2, 0.25) is 0 Å². The first-order chi connectivity index (χ1) is 14.6. The van der Waals surface area contributed by atoms with E-state index in [4.69, 9.17) is 28.3 Å². The number of carbonyl (C=O) groups excluding carboxylic acids is 1. The number of carbonyl (C=O) groups is 1. The molecule has 148 valence electrons. The molecule has 1 aliphatic heterocycles. The number of allylic oxidation sites excluding steroid dienone is 2. The molecule has 3 nitrogen and oxygen atoms in total. The summed E-state index contributed by atoms with van der Waals surface area (Å²) in [7, 11) is 0. The molecule has 0 aromatic heterocycles. The highest BCUT2D eigenvalue weighted by Gasteiger charge is 2.44. The predicted molar refractivity (Wildman–Crippen MR) is 123 cm³/mol. The summed E-state index contributed by atoms with van der Waals surface area (Å²) in [6.07, 6.45) is 2.79. The highest BCUT2D eigenvalue weighted by Crippen LogP contribution is 2.44. The molecule has 1 aliphatic carbocycles. The Balaban J connectivity index is 1.60. The van der Waals surface area contributed by atoms with E-state index >= 15 is 0 Å². The van der Waals surface area contributed by atoms with Gasteiger partial charge in [-0.2, -0.15) is 10.1 Å². The van der Waals surface area contributed by atoms with Crippen LogP contribution in [0.2, 0.25) is 10.0 Å². The second kappa shape index (κ2) is 7.75. The monoisotopic (exact) mass is 432 g/mol. The van der Waals surface area contributed by atoms with E-state index in [0.29, 0.717) is 10.0 Å². The summed E-state index contributed by atoms with van der Waals surface area (Å²) in [5, 5.41) is 7.63. The Hall–Kier alpha value is -2.88. The third kappa shape index (κ3) is 3.45.